The predicted molar refractivity (Wildman–Crippen MR) is 51.4 cm³/mol. The lowest BCUT2D eigenvalue weighted by molar-refractivity contribution is 0.0762. The van der Waals surface area contributed by atoms with Crippen molar-refractivity contribution < 1.29 is 9.90 Å². The number of aromatic nitrogens is 2. The molecule has 2 rings (SSSR count). The van der Waals surface area contributed by atoms with Crippen molar-refractivity contribution in [1.82, 2.24) is 14.9 Å². The Morgan fingerprint density at radius 2 is 2.47 bits per heavy atom. The Morgan fingerprint density at radius 1 is 1.67 bits per heavy atom. The molecule has 6 heteroatoms. The van der Waals surface area contributed by atoms with Crippen molar-refractivity contribution in [1.29, 1.82) is 0 Å². The van der Waals surface area contributed by atoms with E-state index in [1.54, 1.807) is 0 Å². The molecule has 2 heterocycles. The van der Waals surface area contributed by atoms with Crippen molar-refractivity contribution in [3.63, 3.8) is 0 Å². The Bertz CT molecular complexity index is 429. The molecule has 80 valence electrons. The second-order valence-electron chi connectivity index (χ2n) is 3.49. The molecule has 0 saturated carbocycles. The van der Waals surface area contributed by atoms with Crippen molar-refractivity contribution in [3.05, 3.63) is 28.4 Å². The summed E-state index contributed by atoms with van der Waals surface area (Å²) in [5.74, 6) is -0.374. The molecule has 0 aromatic carbocycles. The number of likely N-dealkylation sites (tertiary alicyclic amines) is 1. The third-order valence-electron chi connectivity index (χ3n) is 2.40. The molecule has 6 nitrogen and oxygen atoms in total. The monoisotopic (exact) mass is 209 g/mol. The second kappa shape index (κ2) is 3.82. The highest BCUT2D eigenvalue weighted by molar-refractivity contribution is 5.93. The fourth-order valence-corrected chi connectivity index (χ4v) is 1.59. The highest BCUT2D eigenvalue weighted by atomic mass is 16.3. The number of hydrogen-bond acceptors (Lipinski definition) is 4. The van der Waals surface area contributed by atoms with E-state index in [-0.39, 0.29) is 18.0 Å². The van der Waals surface area contributed by atoms with Gasteiger partial charge in [-0.05, 0) is 6.42 Å². The molecule has 1 fully saturated rings. The van der Waals surface area contributed by atoms with Crippen molar-refractivity contribution in [2.75, 3.05) is 13.1 Å². The molecule has 0 spiro atoms. The molecule has 1 aliphatic rings. The van der Waals surface area contributed by atoms with Crippen LogP contribution in [0, 0.1) is 0 Å². The fourth-order valence-electron chi connectivity index (χ4n) is 1.59. The fraction of sp³-hybridized carbons (Fsp3) is 0.444. The summed E-state index contributed by atoms with van der Waals surface area (Å²) in [6.07, 6.45) is 2.55. The van der Waals surface area contributed by atoms with Crippen molar-refractivity contribution in [2.45, 2.75) is 12.5 Å². The summed E-state index contributed by atoms with van der Waals surface area (Å²) in [5, 5.41) is 9.27. The number of hydrogen-bond donors (Lipinski definition) is 2. The van der Waals surface area contributed by atoms with E-state index in [0.717, 1.165) is 0 Å². The molecule has 1 atom stereocenters. The lowest BCUT2D eigenvalue weighted by Gasteiger charge is -2.14. The predicted octanol–water partition coefficient (Wildman–Crippen LogP) is -1.02. The molecule has 1 saturated heterocycles. The van der Waals surface area contributed by atoms with Crippen molar-refractivity contribution in [3.8, 4) is 0 Å². The first kappa shape index (κ1) is 9.85. The lowest BCUT2D eigenvalue weighted by atomic mass is 10.3. The first-order chi connectivity index (χ1) is 7.18. The van der Waals surface area contributed by atoms with Crippen LogP contribution in [0.3, 0.4) is 0 Å². The molecule has 2 N–H and O–H groups in total. The van der Waals surface area contributed by atoms with Gasteiger partial charge in [-0.25, -0.2) is 4.98 Å². The van der Waals surface area contributed by atoms with Crippen molar-refractivity contribution >= 4 is 5.91 Å². The molecule has 0 aliphatic carbocycles. The number of nitrogens with zero attached hydrogens (tertiary/aromatic N) is 2. The van der Waals surface area contributed by atoms with Crippen molar-refractivity contribution in [2.24, 2.45) is 0 Å². The quantitative estimate of drug-likeness (QED) is 0.619. The number of rotatable bonds is 1. The summed E-state index contributed by atoms with van der Waals surface area (Å²) < 4.78 is 0. The zero-order chi connectivity index (χ0) is 10.8. The summed E-state index contributed by atoms with van der Waals surface area (Å²) in [6.45, 7) is 0.765. The van der Waals surface area contributed by atoms with E-state index in [4.69, 9.17) is 0 Å². The smallest absolute Gasteiger partial charge is 0.263 e. The van der Waals surface area contributed by atoms with Crippen LogP contribution in [0.15, 0.2) is 17.3 Å². The van der Waals surface area contributed by atoms with Crippen LogP contribution in [0.2, 0.25) is 0 Å². The number of aliphatic hydroxyl groups excluding tert-OH is 1. The number of aromatic amines is 1. The summed E-state index contributed by atoms with van der Waals surface area (Å²) in [4.78, 5) is 30.5. The molecule has 0 radical (unpaired) electrons. The van der Waals surface area contributed by atoms with Crippen LogP contribution in [-0.2, 0) is 0 Å². The van der Waals surface area contributed by atoms with Gasteiger partial charge in [0.2, 0.25) is 0 Å². The van der Waals surface area contributed by atoms with Crippen LogP contribution in [0.5, 0.6) is 0 Å². The Balaban J connectivity index is 2.22. The number of amides is 1. The van der Waals surface area contributed by atoms with Gasteiger partial charge >= 0.3 is 0 Å². The third kappa shape index (κ3) is 1.89. The molecule has 0 unspecified atom stereocenters. The number of aliphatic hydroxyl groups is 1. The average Bonchev–Trinajstić information content (AvgIpc) is 2.65. The standard InChI is InChI=1S/C9H11N3O3/c13-6-1-2-12(4-6)9(15)7-3-10-5-11-8(7)14/h3,5-6,13H,1-2,4H2,(H,10,11,14)/t6-/m1/s1. The Morgan fingerprint density at radius 3 is 3.07 bits per heavy atom. The van der Waals surface area contributed by atoms with Gasteiger partial charge in [0, 0.05) is 19.3 Å². The Labute approximate surface area is 85.6 Å². The van der Waals surface area contributed by atoms with E-state index < -0.39 is 11.7 Å². The van der Waals surface area contributed by atoms with Crippen LogP contribution < -0.4 is 5.56 Å². The summed E-state index contributed by atoms with van der Waals surface area (Å²) >= 11 is 0. The third-order valence-corrected chi connectivity index (χ3v) is 2.40. The van der Waals surface area contributed by atoms with E-state index in [1.807, 2.05) is 0 Å². The van der Waals surface area contributed by atoms with E-state index in [2.05, 4.69) is 9.97 Å². The molecule has 1 aliphatic heterocycles. The number of nitrogens with one attached hydrogen (secondary N) is 1. The van der Waals surface area contributed by atoms with Gasteiger partial charge in [0.25, 0.3) is 11.5 Å². The van der Waals surface area contributed by atoms with Gasteiger partial charge in [0.15, 0.2) is 0 Å². The maximum atomic E-state index is 11.8. The summed E-state index contributed by atoms with van der Waals surface area (Å²) in [7, 11) is 0. The first-order valence-electron chi connectivity index (χ1n) is 4.68. The minimum Gasteiger partial charge on any atom is -0.391 e. The maximum Gasteiger partial charge on any atom is 0.263 e. The van der Waals surface area contributed by atoms with Crippen LogP contribution >= 0.6 is 0 Å². The Kier molecular flexibility index (Phi) is 2.51. The number of H-pyrrole nitrogens is 1. The molecule has 1 amide bonds. The van der Waals surface area contributed by atoms with Gasteiger partial charge < -0.3 is 15.0 Å². The number of carbonyl (C=O) groups excluding carboxylic acids is 1. The average molecular weight is 209 g/mol. The molecular formula is C9H11N3O3. The first-order valence-corrected chi connectivity index (χ1v) is 4.68. The molecule has 0 bridgehead atoms. The minimum atomic E-state index is -0.482. The van der Waals surface area contributed by atoms with E-state index in [1.165, 1.54) is 17.4 Å². The molecular weight excluding hydrogens is 198 g/mol. The van der Waals surface area contributed by atoms with Gasteiger partial charge in [0.1, 0.15) is 5.56 Å². The van der Waals surface area contributed by atoms with E-state index >= 15 is 0 Å². The number of β-amino-alcohol motifs (C(OH)–C–C–N with tert-alkyl or cyclic N) is 1. The van der Waals surface area contributed by atoms with E-state index in [9.17, 15) is 14.7 Å². The highest BCUT2D eigenvalue weighted by Gasteiger charge is 2.26. The Hall–Kier alpha value is -1.69. The zero-order valence-corrected chi connectivity index (χ0v) is 8.01. The van der Waals surface area contributed by atoms with Crippen LogP contribution in [0.1, 0.15) is 16.8 Å². The van der Waals surface area contributed by atoms with Crippen LogP contribution in [0.25, 0.3) is 0 Å². The molecule has 1 aromatic rings. The van der Waals surface area contributed by atoms with Gasteiger partial charge in [-0.3, -0.25) is 9.59 Å². The largest absolute Gasteiger partial charge is 0.391 e. The topological polar surface area (TPSA) is 86.3 Å². The summed E-state index contributed by atoms with van der Waals surface area (Å²) in [6, 6.07) is 0. The lowest BCUT2D eigenvalue weighted by Crippen LogP contribution is -2.33. The minimum absolute atomic E-state index is 0.0200. The highest BCUT2D eigenvalue weighted by Crippen LogP contribution is 2.10. The van der Waals surface area contributed by atoms with Crippen LogP contribution in [-0.4, -0.2) is 45.1 Å². The zero-order valence-electron chi connectivity index (χ0n) is 8.01. The van der Waals surface area contributed by atoms with Gasteiger partial charge in [-0.1, -0.05) is 0 Å². The molecule has 1 aromatic heterocycles. The van der Waals surface area contributed by atoms with Gasteiger partial charge in [-0.2, -0.15) is 0 Å². The van der Waals surface area contributed by atoms with E-state index in [0.29, 0.717) is 13.0 Å². The normalized spacial score (nSPS) is 20.6. The SMILES string of the molecule is O=C(c1cnc[nH]c1=O)N1CC[C@@H](O)C1. The van der Waals surface area contributed by atoms with Crippen LogP contribution in [0.4, 0.5) is 0 Å². The second-order valence-corrected chi connectivity index (χ2v) is 3.49. The summed E-state index contributed by atoms with van der Waals surface area (Å²) in [5.41, 5.74) is -0.428. The van der Waals surface area contributed by atoms with Gasteiger partial charge in [0.05, 0.1) is 12.4 Å². The maximum absolute atomic E-state index is 11.8. The number of carbonyl (C=O) groups is 1. The van der Waals surface area contributed by atoms with Gasteiger partial charge in [-0.15, -0.1) is 0 Å². The molecule has 15 heavy (non-hydrogen) atoms.